The van der Waals surface area contributed by atoms with E-state index in [0.717, 1.165) is 26.7 Å². The molecule has 0 aliphatic carbocycles. The summed E-state index contributed by atoms with van der Waals surface area (Å²) < 4.78 is 38.8. The predicted molar refractivity (Wildman–Crippen MR) is 138 cm³/mol. The Kier molecular flexibility index (Phi) is 8.40. The summed E-state index contributed by atoms with van der Waals surface area (Å²) >= 11 is 0. The molecule has 0 radical (unpaired) electrons. The van der Waals surface area contributed by atoms with Crippen LogP contribution in [0.1, 0.15) is 36.1 Å². The van der Waals surface area contributed by atoms with Crippen LogP contribution in [0.5, 0.6) is 11.5 Å². The average molecular weight is 497 g/mol. The number of hydrogen-bond acceptors (Lipinski definition) is 5. The second-order valence-corrected chi connectivity index (χ2v) is 10.1. The first kappa shape index (κ1) is 26.1. The first-order chi connectivity index (χ1) is 16.7. The van der Waals surface area contributed by atoms with Crippen LogP contribution in [0.3, 0.4) is 0 Å². The summed E-state index contributed by atoms with van der Waals surface area (Å²) in [5.41, 5.74) is 3.29. The summed E-state index contributed by atoms with van der Waals surface area (Å²) in [5, 5.41) is 3.00. The van der Waals surface area contributed by atoms with Crippen molar-refractivity contribution < 1.29 is 22.7 Å². The molecule has 186 valence electrons. The van der Waals surface area contributed by atoms with Gasteiger partial charge >= 0.3 is 0 Å². The summed E-state index contributed by atoms with van der Waals surface area (Å²) in [6.45, 7) is 5.47. The number of nitrogens with one attached hydrogen (secondary N) is 1. The number of sulfonamides is 1. The fourth-order valence-electron chi connectivity index (χ4n) is 3.81. The van der Waals surface area contributed by atoms with Crippen LogP contribution in [0, 0.1) is 13.8 Å². The fourth-order valence-corrected chi connectivity index (χ4v) is 5.23. The number of anilines is 1. The van der Waals surface area contributed by atoms with Crippen molar-refractivity contribution in [3.8, 4) is 11.5 Å². The molecule has 1 atom stereocenters. The quantitative estimate of drug-likeness (QED) is 0.437. The van der Waals surface area contributed by atoms with Gasteiger partial charge in [-0.05, 0) is 73.9 Å². The third-order valence-corrected chi connectivity index (χ3v) is 7.61. The minimum absolute atomic E-state index is 0.0736. The van der Waals surface area contributed by atoms with Crippen molar-refractivity contribution in [2.45, 2.75) is 38.1 Å². The standard InChI is InChI=1S/C27H32N2O5S/c1-6-25(21-9-16-26(34-5)20(3)17-21)28-27(30)18-29(22-10-7-19(2)8-11-22)35(31,32)24-14-12-23(33-4)13-15-24/h7-17,25H,6,18H2,1-5H3,(H,28,30)/t25-/m1/s1. The van der Waals surface area contributed by atoms with E-state index in [1.807, 2.05) is 51.1 Å². The number of rotatable bonds is 10. The van der Waals surface area contributed by atoms with Crippen molar-refractivity contribution in [2.24, 2.45) is 0 Å². The van der Waals surface area contributed by atoms with Gasteiger partial charge in [-0.25, -0.2) is 8.42 Å². The Bertz CT molecular complexity index is 1260. The van der Waals surface area contributed by atoms with Gasteiger partial charge < -0.3 is 14.8 Å². The van der Waals surface area contributed by atoms with E-state index in [4.69, 9.17) is 9.47 Å². The van der Waals surface area contributed by atoms with E-state index in [0.29, 0.717) is 17.9 Å². The number of benzene rings is 3. The molecule has 0 spiro atoms. The number of hydrogen-bond donors (Lipinski definition) is 1. The van der Waals surface area contributed by atoms with Gasteiger partial charge in [0.1, 0.15) is 18.0 Å². The highest BCUT2D eigenvalue weighted by Crippen LogP contribution is 2.27. The number of aryl methyl sites for hydroxylation is 2. The van der Waals surface area contributed by atoms with Gasteiger partial charge in [-0.2, -0.15) is 0 Å². The summed E-state index contributed by atoms with van der Waals surface area (Å²) in [7, 11) is -0.880. The summed E-state index contributed by atoms with van der Waals surface area (Å²) in [4.78, 5) is 13.2. The third-order valence-electron chi connectivity index (χ3n) is 5.82. The van der Waals surface area contributed by atoms with Crippen molar-refractivity contribution in [1.29, 1.82) is 0 Å². The number of nitrogens with zero attached hydrogens (tertiary/aromatic N) is 1. The predicted octanol–water partition coefficient (Wildman–Crippen LogP) is 4.78. The van der Waals surface area contributed by atoms with Crippen molar-refractivity contribution in [3.05, 3.63) is 83.4 Å². The molecule has 0 bridgehead atoms. The molecule has 1 N–H and O–H groups in total. The Balaban J connectivity index is 1.90. The van der Waals surface area contributed by atoms with Gasteiger partial charge in [0.05, 0.1) is 30.8 Å². The second-order valence-electron chi connectivity index (χ2n) is 8.28. The summed E-state index contributed by atoms with van der Waals surface area (Å²) in [6.07, 6.45) is 0.646. The van der Waals surface area contributed by atoms with Crippen molar-refractivity contribution in [3.63, 3.8) is 0 Å². The zero-order chi connectivity index (χ0) is 25.6. The molecule has 0 unspecified atom stereocenters. The number of carbonyl (C=O) groups is 1. The van der Waals surface area contributed by atoms with Crippen LogP contribution in [0.25, 0.3) is 0 Å². The first-order valence-corrected chi connectivity index (χ1v) is 12.8. The molecule has 0 aliphatic heterocycles. The number of methoxy groups -OCH3 is 2. The van der Waals surface area contributed by atoms with Gasteiger partial charge in [-0.15, -0.1) is 0 Å². The van der Waals surface area contributed by atoms with Crippen LogP contribution in [-0.2, 0) is 14.8 Å². The maximum Gasteiger partial charge on any atom is 0.264 e. The van der Waals surface area contributed by atoms with E-state index < -0.39 is 15.9 Å². The van der Waals surface area contributed by atoms with E-state index in [-0.39, 0.29) is 17.5 Å². The maximum absolute atomic E-state index is 13.6. The van der Waals surface area contributed by atoms with E-state index in [1.54, 1.807) is 31.4 Å². The molecular weight excluding hydrogens is 464 g/mol. The molecule has 0 aliphatic rings. The first-order valence-electron chi connectivity index (χ1n) is 11.4. The Morgan fingerprint density at radius 1 is 0.943 bits per heavy atom. The zero-order valence-electron chi connectivity index (χ0n) is 20.7. The molecule has 3 aromatic carbocycles. The van der Waals surface area contributed by atoms with Crippen LogP contribution < -0.4 is 19.1 Å². The molecule has 0 saturated heterocycles. The lowest BCUT2D eigenvalue weighted by atomic mass is 10.0. The van der Waals surface area contributed by atoms with E-state index in [1.165, 1.54) is 19.2 Å². The molecule has 0 fully saturated rings. The second kappa shape index (κ2) is 11.3. The number of carbonyl (C=O) groups excluding carboxylic acids is 1. The topological polar surface area (TPSA) is 84.9 Å². The molecule has 8 heteroatoms. The molecule has 3 rings (SSSR count). The number of amides is 1. The van der Waals surface area contributed by atoms with Crippen molar-refractivity contribution in [2.75, 3.05) is 25.1 Å². The van der Waals surface area contributed by atoms with E-state index >= 15 is 0 Å². The normalized spacial score (nSPS) is 12.0. The van der Waals surface area contributed by atoms with E-state index in [9.17, 15) is 13.2 Å². The van der Waals surface area contributed by atoms with Gasteiger partial charge in [0, 0.05) is 0 Å². The van der Waals surface area contributed by atoms with Crippen LogP contribution in [0.2, 0.25) is 0 Å². The fraction of sp³-hybridized carbons (Fsp3) is 0.296. The van der Waals surface area contributed by atoms with Gasteiger partial charge in [0.15, 0.2) is 0 Å². The van der Waals surface area contributed by atoms with Gasteiger partial charge in [0.25, 0.3) is 10.0 Å². The molecular formula is C27H32N2O5S. The van der Waals surface area contributed by atoms with Crippen LogP contribution in [0.4, 0.5) is 5.69 Å². The van der Waals surface area contributed by atoms with Gasteiger partial charge in [0.2, 0.25) is 5.91 Å². The number of ether oxygens (including phenoxy) is 2. The SMILES string of the molecule is CC[C@@H](NC(=O)CN(c1ccc(C)cc1)S(=O)(=O)c1ccc(OC)cc1)c1ccc(OC)c(C)c1. The lowest BCUT2D eigenvalue weighted by Gasteiger charge is -2.26. The largest absolute Gasteiger partial charge is 0.497 e. The lowest BCUT2D eigenvalue weighted by molar-refractivity contribution is -0.120. The monoisotopic (exact) mass is 496 g/mol. The van der Waals surface area contributed by atoms with Crippen molar-refractivity contribution >= 4 is 21.6 Å². The average Bonchev–Trinajstić information content (AvgIpc) is 2.86. The highest BCUT2D eigenvalue weighted by molar-refractivity contribution is 7.92. The van der Waals surface area contributed by atoms with Crippen LogP contribution >= 0.6 is 0 Å². The summed E-state index contributed by atoms with van der Waals surface area (Å²) in [5.74, 6) is 0.915. The highest BCUT2D eigenvalue weighted by Gasteiger charge is 2.28. The zero-order valence-corrected chi connectivity index (χ0v) is 21.6. The maximum atomic E-state index is 13.6. The van der Waals surface area contributed by atoms with E-state index in [2.05, 4.69) is 5.32 Å². The molecule has 0 heterocycles. The Labute approximate surface area is 207 Å². The Morgan fingerprint density at radius 3 is 2.14 bits per heavy atom. The molecule has 0 aromatic heterocycles. The molecule has 1 amide bonds. The van der Waals surface area contributed by atoms with Crippen LogP contribution in [-0.4, -0.2) is 35.1 Å². The van der Waals surface area contributed by atoms with Crippen molar-refractivity contribution in [1.82, 2.24) is 5.32 Å². The Hall–Kier alpha value is -3.52. The van der Waals surface area contributed by atoms with Gasteiger partial charge in [-0.3, -0.25) is 9.10 Å². The van der Waals surface area contributed by atoms with Gasteiger partial charge in [-0.1, -0.05) is 36.8 Å². The molecule has 7 nitrogen and oxygen atoms in total. The highest BCUT2D eigenvalue weighted by atomic mass is 32.2. The minimum Gasteiger partial charge on any atom is -0.497 e. The third kappa shape index (κ3) is 6.14. The molecule has 35 heavy (non-hydrogen) atoms. The lowest BCUT2D eigenvalue weighted by Crippen LogP contribution is -2.42. The smallest absolute Gasteiger partial charge is 0.264 e. The summed E-state index contributed by atoms with van der Waals surface area (Å²) in [6, 6.07) is 18.6. The molecule has 3 aromatic rings. The minimum atomic E-state index is -4.01. The Morgan fingerprint density at radius 2 is 1.60 bits per heavy atom. The molecule has 0 saturated carbocycles. The van der Waals surface area contributed by atoms with Crippen LogP contribution in [0.15, 0.2) is 71.6 Å².